The van der Waals surface area contributed by atoms with E-state index in [4.69, 9.17) is 9.84 Å². The Kier molecular flexibility index (Phi) is 6.28. The first-order valence-electron chi connectivity index (χ1n) is 5.93. The summed E-state index contributed by atoms with van der Waals surface area (Å²) in [6.45, 7) is 2.76. The smallest absolute Gasteiger partial charge is 0.334 e. The van der Waals surface area contributed by atoms with Crippen molar-refractivity contribution in [3.8, 4) is 0 Å². The topological polar surface area (TPSA) is 78.9 Å². The zero-order chi connectivity index (χ0) is 13.5. The van der Waals surface area contributed by atoms with Gasteiger partial charge in [0, 0.05) is 12.6 Å². The van der Waals surface area contributed by atoms with Crippen molar-refractivity contribution in [3.63, 3.8) is 0 Å². The number of ether oxygens (including phenoxy) is 1. The van der Waals surface area contributed by atoms with Crippen LogP contribution in [0.1, 0.15) is 13.3 Å². The predicted molar refractivity (Wildman–Crippen MR) is 69.9 cm³/mol. The highest BCUT2D eigenvalue weighted by Crippen LogP contribution is 2.07. The highest BCUT2D eigenvalue weighted by molar-refractivity contribution is 7.98. The number of carbonyl (C=O) groups excluding carboxylic acids is 1. The lowest BCUT2D eigenvalue weighted by Crippen LogP contribution is -2.53. The summed E-state index contributed by atoms with van der Waals surface area (Å²) in [5.41, 5.74) is 0. The minimum absolute atomic E-state index is 0.0936. The Bertz CT molecular complexity index is 301. The maximum atomic E-state index is 11.9. The Balaban J connectivity index is 2.38. The molecule has 2 amide bonds. The van der Waals surface area contributed by atoms with Crippen molar-refractivity contribution in [1.29, 1.82) is 0 Å². The van der Waals surface area contributed by atoms with Gasteiger partial charge >= 0.3 is 12.0 Å². The number of aliphatic carboxylic acids is 1. The summed E-state index contributed by atoms with van der Waals surface area (Å²) in [4.78, 5) is 24.2. The van der Waals surface area contributed by atoms with E-state index in [-0.39, 0.29) is 25.2 Å². The molecular formula is C11H20N2O4S. The van der Waals surface area contributed by atoms with E-state index in [1.165, 1.54) is 4.90 Å². The molecule has 0 aliphatic carbocycles. The van der Waals surface area contributed by atoms with E-state index in [0.717, 1.165) is 12.2 Å². The van der Waals surface area contributed by atoms with Gasteiger partial charge in [-0.2, -0.15) is 11.8 Å². The van der Waals surface area contributed by atoms with Crippen LogP contribution in [-0.4, -0.2) is 65.9 Å². The summed E-state index contributed by atoms with van der Waals surface area (Å²) in [6, 6.07) is -0.116. The second-order valence-electron chi connectivity index (χ2n) is 4.28. The summed E-state index contributed by atoms with van der Waals surface area (Å²) >= 11 is 1.73. The van der Waals surface area contributed by atoms with Crippen LogP contribution in [0.4, 0.5) is 4.79 Å². The number of morpholine rings is 1. The number of carbonyl (C=O) groups is 2. The first-order chi connectivity index (χ1) is 8.54. The molecule has 0 aromatic rings. The third kappa shape index (κ3) is 4.73. The fourth-order valence-electron chi connectivity index (χ4n) is 1.65. The Morgan fingerprint density at radius 2 is 2.33 bits per heavy atom. The van der Waals surface area contributed by atoms with Gasteiger partial charge in [0.25, 0.3) is 0 Å². The molecule has 0 radical (unpaired) electrons. The molecule has 0 spiro atoms. The number of hydrogen-bond acceptors (Lipinski definition) is 4. The van der Waals surface area contributed by atoms with Crippen molar-refractivity contribution < 1.29 is 19.4 Å². The average Bonchev–Trinajstić information content (AvgIpc) is 2.36. The molecule has 1 saturated heterocycles. The molecule has 6 nitrogen and oxygen atoms in total. The van der Waals surface area contributed by atoms with E-state index in [9.17, 15) is 9.59 Å². The first-order valence-corrected chi connectivity index (χ1v) is 7.32. The van der Waals surface area contributed by atoms with E-state index in [1.807, 2.05) is 13.2 Å². The molecule has 2 atom stereocenters. The number of carboxylic acids is 1. The SMILES string of the molecule is CSCCC(C)NC(=O)N1CCOC(C(=O)O)C1. The van der Waals surface area contributed by atoms with Gasteiger partial charge in [-0.1, -0.05) is 0 Å². The van der Waals surface area contributed by atoms with Crippen molar-refractivity contribution in [2.24, 2.45) is 0 Å². The van der Waals surface area contributed by atoms with Crippen LogP contribution in [-0.2, 0) is 9.53 Å². The van der Waals surface area contributed by atoms with Gasteiger partial charge in [-0.15, -0.1) is 0 Å². The molecule has 1 aliphatic rings. The van der Waals surface area contributed by atoms with E-state index in [0.29, 0.717) is 6.54 Å². The zero-order valence-corrected chi connectivity index (χ0v) is 11.5. The number of thioether (sulfide) groups is 1. The molecule has 1 rings (SSSR count). The van der Waals surface area contributed by atoms with Crippen LogP contribution < -0.4 is 5.32 Å². The number of rotatable bonds is 5. The quantitative estimate of drug-likeness (QED) is 0.769. The largest absolute Gasteiger partial charge is 0.479 e. The van der Waals surface area contributed by atoms with Gasteiger partial charge in [-0.25, -0.2) is 9.59 Å². The van der Waals surface area contributed by atoms with Gasteiger partial charge in [-0.05, 0) is 25.4 Å². The predicted octanol–water partition coefficient (Wildman–Crippen LogP) is 0.623. The van der Waals surface area contributed by atoms with Crippen LogP contribution in [0.25, 0.3) is 0 Å². The summed E-state index contributed by atoms with van der Waals surface area (Å²) in [6.07, 6.45) is 2.01. The number of urea groups is 1. The van der Waals surface area contributed by atoms with Crippen LogP contribution in [0.2, 0.25) is 0 Å². The molecule has 0 aromatic carbocycles. The van der Waals surface area contributed by atoms with Crippen LogP contribution in [0.5, 0.6) is 0 Å². The van der Waals surface area contributed by atoms with Gasteiger partial charge in [0.1, 0.15) is 0 Å². The van der Waals surface area contributed by atoms with Crippen molar-refractivity contribution in [2.75, 3.05) is 31.7 Å². The van der Waals surface area contributed by atoms with Crippen LogP contribution >= 0.6 is 11.8 Å². The minimum Gasteiger partial charge on any atom is -0.479 e. The molecule has 2 N–H and O–H groups in total. The number of nitrogens with zero attached hydrogens (tertiary/aromatic N) is 1. The number of hydrogen-bond donors (Lipinski definition) is 2. The third-order valence-electron chi connectivity index (χ3n) is 2.75. The van der Waals surface area contributed by atoms with Crippen LogP contribution in [0, 0.1) is 0 Å². The second-order valence-corrected chi connectivity index (χ2v) is 5.26. The molecule has 0 saturated carbocycles. The van der Waals surface area contributed by atoms with E-state index < -0.39 is 12.1 Å². The van der Waals surface area contributed by atoms with Gasteiger partial charge in [0.05, 0.1) is 13.2 Å². The number of nitrogens with one attached hydrogen (secondary N) is 1. The molecule has 1 aliphatic heterocycles. The van der Waals surface area contributed by atoms with Gasteiger partial charge in [0.15, 0.2) is 6.10 Å². The van der Waals surface area contributed by atoms with Gasteiger partial charge < -0.3 is 20.1 Å². The lowest BCUT2D eigenvalue weighted by atomic mass is 10.2. The molecule has 1 fully saturated rings. The summed E-state index contributed by atoms with van der Waals surface area (Å²) in [7, 11) is 0. The summed E-state index contributed by atoms with van der Waals surface area (Å²) in [5.74, 6) is -0.0367. The summed E-state index contributed by atoms with van der Waals surface area (Å²) < 4.78 is 5.07. The third-order valence-corrected chi connectivity index (χ3v) is 3.40. The number of amides is 2. The van der Waals surface area contributed by atoms with Gasteiger partial charge in [-0.3, -0.25) is 0 Å². The Hall–Kier alpha value is -0.950. The average molecular weight is 276 g/mol. The fraction of sp³-hybridized carbons (Fsp3) is 0.818. The molecule has 0 bridgehead atoms. The molecule has 1 heterocycles. The van der Waals surface area contributed by atoms with Crippen LogP contribution in [0.15, 0.2) is 0 Å². The Labute approximate surface area is 111 Å². The molecule has 104 valence electrons. The highest BCUT2D eigenvalue weighted by atomic mass is 32.2. The molecule has 7 heteroatoms. The fourth-order valence-corrected chi connectivity index (χ4v) is 2.24. The maximum Gasteiger partial charge on any atom is 0.334 e. The second kappa shape index (κ2) is 7.48. The standard InChI is InChI=1S/C11H20N2O4S/c1-8(3-6-18-2)12-11(16)13-4-5-17-9(7-13)10(14)15/h8-9H,3-7H2,1-2H3,(H,12,16)(H,14,15). The Morgan fingerprint density at radius 3 is 2.94 bits per heavy atom. The lowest BCUT2D eigenvalue weighted by Gasteiger charge is -2.31. The molecule has 18 heavy (non-hydrogen) atoms. The van der Waals surface area contributed by atoms with Crippen molar-refractivity contribution in [1.82, 2.24) is 10.2 Å². The van der Waals surface area contributed by atoms with Crippen molar-refractivity contribution in [3.05, 3.63) is 0 Å². The molecule has 2 unspecified atom stereocenters. The van der Waals surface area contributed by atoms with Crippen molar-refractivity contribution in [2.45, 2.75) is 25.5 Å². The molecule has 0 aromatic heterocycles. The van der Waals surface area contributed by atoms with Crippen LogP contribution in [0.3, 0.4) is 0 Å². The molecular weight excluding hydrogens is 256 g/mol. The summed E-state index contributed by atoms with van der Waals surface area (Å²) in [5, 5.41) is 11.7. The first kappa shape index (κ1) is 15.1. The highest BCUT2D eigenvalue weighted by Gasteiger charge is 2.29. The lowest BCUT2D eigenvalue weighted by molar-refractivity contribution is -0.154. The monoisotopic (exact) mass is 276 g/mol. The normalized spacial score (nSPS) is 21.4. The zero-order valence-electron chi connectivity index (χ0n) is 10.7. The van der Waals surface area contributed by atoms with Crippen molar-refractivity contribution >= 4 is 23.8 Å². The number of carboxylic acid groups (broad SMARTS) is 1. The minimum atomic E-state index is -1.03. The van der Waals surface area contributed by atoms with E-state index in [1.54, 1.807) is 11.8 Å². The maximum absolute atomic E-state index is 11.9. The van der Waals surface area contributed by atoms with E-state index >= 15 is 0 Å². The Morgan fingerprint density at radius 1 is 1.61 bits per heavy atom. The van der Waals surface area contributed by atoms with E-state index in [2.05, 4.69) is 5.32 Å². The van der Waals surface area contributed by atoms with Gasteiger partial charge in [0.2, 0.25) is 0 Å².